The number of hydrogen-bond acceptors (Lipinski definition) is 2. The summed E-state index contributed by atoms with van der Waals surface area (Å²) in [6.07, 6.45) is 1.47. The zero-order chi connectivity index (χ0) is 13.8. The van der Waals surface area contributed by atoms with E-state index in [2.05, 4.69) is 44.3 Å². The van der Waals surface area contributed by atoms with Crippen molar-refractivity contribution in [2.45, 2.75) is 39.7 Å². The predicted molar refractivity (Wildman–Crippen MR) is 78.3 cm³/mol. The first-order chi connectivity index (χ1) is 9.06. The van der Waals surface area contributed by atoms with Crippen LogP contribution in [0.25, 0.3) is 0 Å². The molecule has 1 aliphatic heterocycles. The molecule has 1 amide bonds. The van der Waals surface area contributed by atoms with Crippen molar-refractivity contribution in [1.82, 2.24) is 10.2 Å². The summed E-state index contributed by atoms with van der Waals surface area (Å²) in [7, 11) is 0. The fourth-order valence-corrected chi connectivity index (χ4v) is 2.68. The quantitative estimate of drug-likeness (QED) is 0.902. The Hall–Kier alpha value is -1.35. The topological polar surface area (TPSA) is 32.3 Å². The molecule has 1 aliphatic rings. The summed E-state index contributed by atoms with van der Waals surface area (Å²) in [5.41, 5.74) is 3.87. The molecule has 0 unspecified atom stereocenters. The minimum Gasteiger partial charge on any atom is -0.340 e. The molecule has 2 rings (SSSR count). The van der Waals surface area contributed by atoms with Crippen LogP contribution in [0.2, 0.25) is 0 Å². The molecule has 1 heterocycles. The average molecular weight is 260 g/mol. The number of hydrogen-bond donors (Lipinski definition) is 1. The smallest absolute Gasteiger partial charge is 0.222 e. The van der Waals surface area contributed by atoms with E-state index < -0.39 is 0 Å². The summed E-state index contributed by atoms with van der Waals surface area (Å²) in [5.74, 6) is 0.285. The van der Waals surface area contributed by atoms with Gasteiger partial charge in [0, 0.05) is 32.1 Å². The third-order valence-electron chi connectivity index (χ3n) is 3.83. The number of amides is 1. The van der Waals surface area contributed by atoms with Crippen LogP contribution < -0.4 is 5.32 Å². The highest BCUT2D eigenvalue weighted by atomic mass is 16.2. The van der Waals surface area contributed by atoms with Gasteiger partial charge in [0.1, 0.15) is 0 Å². The van der Waals surface area contributed by atoms with E-state index >= 15 is 0 Å². The zero-order valence-corrected chi connectivity index (χ0v) is 12.2. The van der Waals surface area contributed by atoms with Crippen LogP contribution in [-0.4, -0.2) is 36.5 Å². The second kappa shape index (κ2) is 6.20. The minimum absolute atomic E-state index is 0.285. The van der Waals surface area contributed by atoms with Crippen molar-refractivity contribution in [3.63, 3.8) is 0 Å². The molecule has 1 atom stereocenters. The molecule has 0 aromatic heterocycles. The van der Waals surface area contributed by atoms with Crippen molar-refractivity contribution < 1.29 is 4.79 Å². The fourth-order valence-electron chi connectivity index (χ4n) is 2.68. The Morgan fingerprint density at radius 1 is 1.42 bits per heavy atom. The predicted octanol–water partition coefficient (Wildman–Crippen LogP) is 2.06. The first kappa shape index (κ1) is 14.1. The summed E-state index contributed by atoms with van der Waals surface area (Å²) in [5, 5.41) is 3.36. The van der Waals surface area contributed by atoms with E-state index in [1.54, 1.807) is 0 Å². The van der Waals surface area contributed by atoms with E-state index in [4.69, 9.17) is 0 Å². The van der Waals surface area contributed by atoms with Gasteiger partial charge in [-0.05, 0) is 38.3 Å². The Balaban J connectivity index is 1.89. The zero-order valence-electron chi connectivity index (χ0n) is 12.2. The van der Waals surface area contributed by atoms with Crippen molar-refractivity contribution in [2.75, 3.05) is 19.6 Å². The van der Waals surface area contributed by atoms with Crippen LogP contribution in [0.3, 0.4) is 0 Å². The minimum atomic E-state index is 0.285. The Morgan fingerprint density at radius 2 is 2.21 bits per heavy atom. The third kappa shape index (κ3) is 3.80. The van der Waals surface area contributed by atoms with Crippen LogP contribution in [-0.2, 0) is 11.2 Å². The normalized spacial score (nSPS) is 19.5. The molecular formula is C16H24N2O. The molecule has 3 nitrogen and oxygen atoms in total. The van der Waals surface area contributed by atoms with Gasteiger partial charge in [-0.3, -0.25) is 4.79 Å². The molecular weight excluding hydrogens is 236 g/mol. The van der Waals surface area contributed by atoms with E-state index in [0.717, 1.165) is 26.1 Å². The highest BCUT2D eigenvalue weighted by Gasteiger charge is 2.20. The maximum atomic E-state index is 12.2. The van der Waals surface area contributed by atoms with Crippen LogP contribution in [0.5, 0.6) is 0 Å². The van der Waals surface area contributed by atoms with Gasteiger partial charge in [-0.15, -0.1) is 0 Å². The Morgan fingerprint density at radius 3 is 2.89 bits per heavy atom. The molecule has 104 valence electrons. The molecule has 1 fully saturated rings. The van der Waals surface area contributed by atoms with Crippen LogP contribution in [0.4, 0.5) is 0 Å². The van der Waals surface area contributed by atoms with Gasteiger partial charge in [0.05, 0.1) is 0 Å². The maximum absolute atomic E-state index is 12.2. The fraction of sp³-hybridized carbons (Fsp3) is 0.562. The first-order valence-corrected chi connectivity index (χ1v) is 7.13. The molecule has 0 saturated carbocycles. The molecule has 0 spiro atoms. The summed E-state index contributed by atoms with van der Waals surface area (Å²) in [6, 6.07) is 6.88. The van der Waals surface area contributed by atoms with Gasteiger partial charge < -0.3 is 10.2 Å². The number of aryl methyl sites for hydroxylation is 3. The van der Waals surface area contributed by atoms with Gasteiger partial charge in [-0.2, -0.15) is 0 Å². The first-order valence-electron chi connectivity index (χ1n) is 7.13. The summed E-state index contributed by atoms with van der Waals surface area (Å²) < 4.78 is 0. The number of rotatable bonds is 3. The highest BCUT2D eigenvalue weighted by Crippen LogP contribution is 2.13. The van der Waals surface area contributed by atoms with Crippen molar-refractivity contribution in [1.29, 1.82) is 0 Å². The summed E-state index contributed by atoms with van der Waals surface area (Å²) in [4.78, 5) is 14.2. The van der Waals surface area contributed by atoms with Crippen LogP contribution >= 0.6 is 0 Å². The third-order valence-corrected chi connectivity index (χ3v) is 3.83. The monoisotopic (exact) mass is 260 g/mol. The van der Waals surface area contributed by atoms with Gasteiger partial charge in [0.15, 0.2) is 0 Å². The second-order valence-electron chi connectivity index (χ2n) is 5.62. The van der Waals surface area contributed by atoms with Crippen molar-refractivity contribution >= 4 is 5.91 Å². The second-order valence-corrected chi connectivity index (χ2v) is 5.62. The number of carbonyl (C=O) groups excluding carboxylic acids is 1. The molecule has 1 aromatic carbocycles. The van der Waals surface area contributed by atoms with Crippen molar-refractivity contribution in [2.24, 2.45) is 0 Å². The van der Waals surface area contributed by atoms with Crippen molar-refractivity contribution in [3.05, 3.63) is 34.9 Å². The van der Waals surface area contributed by atoms with Gasteiger partial charge >= 0.3 is 0 Å². The Labute approximate surface area is 116 Å². The molecule has 0 bridgehead atoms. The maximum Gasteiger partial charge on any atom is 0.222 e. The lowest BCUT2D eigenvalue weighted by molar-refractivity contribution is -0.132. The Bertz CT molecular complexity index is 456. The van der Waals surface area contributed by atoms with Gasteiger partial charge in [0.2, 0.25) is 5.91 Å². The van der Waals surface area contributed by atoms with Gasteiger partial charge in [-0.1, -0.05) is 23.8 Å². The van der Waals surface area contributed by atoms with E-state index in [1.807, 2.05) is 4.90 Å². The average Bonchev–Trinajstić information content (AvgIpc) is 2.37. The number of carbonyl (C=O) groups is 1. The van der Waals surface area contributed by atoms with Crippen molar-refractivity contribution in [3.8, 4) is 0 Å². The van der Waals surface area contributed by atoms with Crippen LogP contribution in [0.1, 0.15) is 30.0 Å². The molecule has 1 N–H and O–H groups in total. The molecule has 0 aliphatic carbocycles. The lowest BCUT2D eigenvalue weighted by atomic mass is 10.0. The standard InChI is InChI=1S/C16H24N2O/c1-12-4-5-15(13(2)10-12)6-7-16(19)18-9-8-17-14(3)11-18/h4-5,10,14,17H,6-9,11H2,1-3H3/t14-/m1/s1. The molecule has 0 radical (unpaired) electrons. The van der Waals surface area contributed by atoms with E-state index in [-0.39, 0.29) is 5.91 Å². The molecule has 1 saturated heterocycles. The molecule has 19 heavy (non-hydrogen) atoms. The van der Waals surface area contributed by atoms with Gasteiger partial charge in [-0.25, -0.2) is 0 Å². The largest absolute Gasteiger partial charge is 0.340 e. The lowest BCUT2D eigenvalue weighted by Crippen LogP contribution is -2.51. The van der Waals surface area contributed by atoms with E-state index in [1.165, 1.54) is 16.7 Å². The SMILES string of the molecule is Cc1ccc(CCC(=O)N2CCN[C@H](C)C2)c(C)c1. The van der Waals surface area contributed by atoms with E-state index in [9.17, 15) is 4.79 Å². The lowest BCUT2D eigenvalue weighted by Gasteiger charge is -2.32. The number of benzene rings is 1. The summed E-state index contributed by atoms with van der Waals surface area (Å²) in [6.45, 7) is 8.95. The highest BCUT2D eigenvalue weighted by molar-refractivity contribution is 5.76. The van der Waals surface area contributed by atoms with Crippen LogP contribution in [0, 0.1) is 13.8 Å². The number of nitrogens with one attached hydrogen (secondary N) is 1. The number of piperazine rings is 1. The summed E-state index contributed by atoms with van der Waals surface area (Å²) >= 11 is 0. The van der Waals surface area contributed by atoms with E-state index in [0.29, 0.717) is 12.5 Å². The Kier molecular flexibility index (Phi) is 4.59. The van der Waals surface area contributed by atoms with Crippen LogP contribution in [0.15, 0.2) is 18.2 Å². The number of nitrogens with zero attached hydrogens (tertiary/aromatic N) is 1. The van der Waals surface area contributed by atoms with Gasteiger partial charge in [0.25, 0.3) is 0 Å². The molecule has 1 aromatic rings. The molecule has 3 heteroatoms.